The van der Waals surface area contributed by atoms with E-state index in [9.17, 15) is 13.2 Å². The fourth-order valence-corrected chi connectivity index (χ4v) is 4.20. The van der Waals surface area contributed by atoms with Crippen LogP contribution in [0.5, 0.6) is 0 Å². The summed E-state index contributed by atoms with van der Waals surface area (Å²) in [6.07, 6.45) is 1.45. The minimum atomic E-state index is -4.03. The van der Waals surface area contributed by atoms with Crippen molar-refractivity contribution < 1.29 is 13.2 Å². The molecule has 0 radical (unpaired) electrons. The predicted octanol–water partition coefficient (Wildman–Crippen LogP) is 4.75. The van der Waals surface area contributed by atoms with Crippen LogP contribution in [0.4, 0.5) is 13.2 Å². The van der Waals surface area contributed by atoms with Gasteiger partial charge in [-0.1, -0.05) is 26.7 Å². The van der Waals surface area contributed by atoms with Crippen LogP contribution in [0.25, 0.3) is 0 Å². The number of nitrogens with two attached hydrogens (primary N) is 1. The summed E-state index contributed by atoms with van der Waals surface area (Å²) in [7, 11) is 0. The molecular formula is C16H28F3N. The zero-order chi connectivity index (χ0) is 14.9. The second kappa shape index (κ2) is 6.25. The molecular weight excluding hydrogens is 263 g/mol. The molecule has 2 N–H and O–H groups in total. The SMILES string of the molecule is CC1CCC(C(N)C2CCCC(C(F)(F)F)C2)CC1C. The summed E-state index contributed by atoms with van der Waals surface area (Å²) in [5.74, 6) is 0.765. The van der Waals surface area contributed by atoms with Crippen molar-refractivity contribution in [3.63, 3.8) is 0 Å². The summed E-state index contributed by atoms with van der Waals surface area (Å²) < 4.78 is 38.7. The third-order valence-corrected chi connectivity index (χ3v) is 5.91. The Bertz CT molecular complexity index is 315. The molecule has 0 spiro atoms. The first-order valence-electron chi connectivity index (χ1n) is 8.11. The molecule has 4 heteroatoms. The lowest BCUT2D eigenvalue weighted by atomic mass is 9.67. The van der Waals surface area contributed by atoms with Gasteiger partial charge in [0.15, 0.2) is 0 Å². The molecule has 0 bridgehead atoms. The molecule has 118 valence electrons. The first-order valence-corrected chi connectivity index (χ1v) is 8.11. The van der Waals surface area contributed by atoms with Gasteiger partial charge in [-0.3, -0.25) is 0 Å². The first-order chi connectivity index (χ1) is 9.29. The highest BCUT2D eigenvalue weighted by Gasteiger charge is 2.44. The Morgan fingerprint density at radius 3 is 2.15 bits per heavy atom. The van der Waals surface area contributed by atoms with E-state index in [0.717, 1.165) is 25.2 Å². The topological polar surface area (TPSA) is 26.0 Å². The van der Waals surface area contributed by atoms with Crippen LogP contribution in [-0.4, -0.2) is 12.2 Å². The average Bonchev–Trinajstić information content (AvgIpc) is 2.40. The molecule has 0 saturated heterocycles. The molecule has 1 nitrogen and oxygen atoms in total. The van der Waals surface area contributed by atoms with Crippen molar-refractivity contribution in [2.24, 2.45) is 35.3 Å². The Morgan fingerprint density at radius 2 is 1.55 bits per heavy atom. The van der Waals surface area contributed by atoms with Gasteiger partial charge in [0.05, 0.1) is 5.92 Å². The van der Waals surface area contributed by atoms with Crippen molar-refractivity contribution >= 4 is 0 Å². The summed E-state index contributed by atoms with van der Waals surface area (Å²) in [6.45, 7) is 4.52. The quantitative estimate of drug-likeness (QED) is 0.780. The first kappa shape index (κ1) is 16.1. The van der Waals surface area contributed by atoms with Gasteiger partial charge in [-0.2, -0.15) is 13.2 Å². The van der Waals surface area contributed by atoms with Crippen molar-refractivity contribution in [2.45, 2.75) is 71.0 Å². The molecule has 2 saturated carbocycles. The highest BCUT2D eigenvalue weighted by Crippen LogP contribution is 2.44. The molecule has 0 amide bonds. The van der Waals surface area contributed by atoms with Crippen LogP contribution in [-0.2, 0) is 0 Å². The molecule has 0 aliphatic heterocycles. The summed E-state index contributed by atoms with van der Waals surface area (Å²) >= 11 is 0. The van der Waals surface area contributed by atoms with Crippen LogP contribution in [0.1, 0.15) is 58.8 Å². The molecule has 6 atom stereocenters. The minimum Gasteiger partial charge on any atom is -0.327 e. The molecule has 2 aliphatic carbocycles. The summed E-state index contributed by atoms with van der Waals surface area (Å²) in [5, 5.41) is 0. The molecule has 0 aromatic carbocycles. The van der Waals surface area contributed by atoms with E-state index < -0.39 is 12.1 Å². The van der Waals surface area contributed by atoms with Gasteiger partial charge in [0, 0.05) is 6.04 Å². The van der Waals surface area contributed by atoms with Crippen molar-refractivity contribution in [3.05, 3.63) is 0 Å². The van der Waals surface area contributed by atoms with Crippen molar-refractivity contribution in [2.75, 3.05) is 0 Å². The van der Waals surface area contributed by atoms with E-state index in [4.69, 9.17) is 5.73 Å². The zero-order valence-electron chi connectivity index (χ0n) is 12.6. The van der Waals surface area contributed by atoms with E-state index in [1.807, 2.05) is 0 Å². The van der Waals surface area contributed by atoms with Gasteiger partial charge in [-0.15, -0.1) is 0 Å². The number of alkyl halides is 3. The third kappa shape index (κ3) is 3.69. The van der Waals surface area contributed by atoms with Crippen LogP contribution in [0.2, 0.25) is 0 Å². The summed E-state index contributed by atoms with van der Waals surface area (Å²) in [4.78, 5) is 0. The van der Waals surface area contributed by atoms with E-state index in [-0.39, 0.29) is 18.4 Å². The van der Waals surface area contributed by atoms with Crippen LogP contribution in [0.3, 0.4) is 0 Å². The number of halogens is 3. The van der Waals surface area contributed by atoms with Gasteiger partial charge in [0.1, 0.15) is 0 Å². The number of hydrogen-bond donors (Lipinski definition) is 1. The minimum absolute atomic E-state index is 0.0323. The molecule has 2 rings (SSSR count). The predicted molar refractivity (Wildman–Crippen MR) is 75.1 cm³/mol. The van der Waals surface area contributed by atoms with E-state index in [1.165, 1.54) is 6.42 Å². The van der Waals surface area contributed by atoms with E-state index in [0.29, 0.717) is 24.7 Å². The zero-order valence-corrected chi connectivity index (χ0v) is 12.6. The standard InChI is InChI=1S/C16H28F3N/c1-10-6-7-13(8-11(10)2)15(20)12-4-3-5-14(9-12)16(17,18)19/h10-15H,3-9,20H2,1-2H3. The Morgan fingerprint density at radius 1 is 0.900 bits per heavy atom. The fraction of sp³-hybridized carbons (Fsp3) is 1.00. The van der Waals surface area contributed by atoms with E-state index in [1.54, 1.807) is 0 Å². The van der Waals surface area contributed by atoms with Crippen molar-refractivity contribution in [3.8, 4) is 0 Å². The Balaban J connectivity index is 1.93. The van der Waals surface area contributed by atoms with Gasteiger partial charge in [-0.25, -0.2) is 0 Å². The highest BCUT2D eigenvalue weighted by atomic mass is 19.4. The smallest absolute Gasteiger partial charge is 0.327 e. The largest absolute Gasteiger partial charge is 0.391 e. The maximum Gasteiger partial charge on any atom is 0.391 e. The van der Waals surface area contributed by atoms with Crippen LogP contribution < -0.4 is 5.73 Å². The van der Waals surface area contributed by atoms with Gasteiger partial charge in [0.25, 0.3) is 0 Å². The lowest BCUT2D eigenvalue weighted by Gasteiger charge is -2.41. The van der Waals surface area contributed by atoms with Crippen molar-refractivity contribution in [1.82, 2.24) is 0 Å². The normalized spacial score (nSPS) is 41.4. The molecule has 2 aliphatic rings. The van der Waals surface area contributed by atoms with E-state index >= 15 is 0 Å². The van der Waals surface area contributed by atoms with Gasteiger partial charge in [0.2, 0.25) is 0 Å². The van der Waals surface area contributed by atoms with Gasteiger partial charge in [-0.05, 0) is 55.8 Å². The average molecular weight is 291 g/mol. The second-order valence-corrected chi connectivity index (χ2v) is 7.27. The van der Waals surface area contributed by atoms with Crippen molar-refractivity contribution in [1.29, 1.82) is 0 Å². The lowest BCUT2D eigenvalue weighted by molar-refractivity contribution is -0.186. The van der Waals surface area contributed by atoms with E-state index in [2.05, 4.69) is 13.8 Å². The Labute approximate surface area is 120 Å². The second-order valence-electron chi connectivity index (χ2n) is 7.27. The molecule has 20 heavy (non-hydrogen) atoms. The Hall–Kier alpha value is -0.250. The molecule has 0 heterocycles. The molecule has 0 aromatic heterocycles. The monoisotopic (exact) mass is 291 g/mol. The lowest BCUT2D eigenvalue weighted by Crippen LogP contribution is -2.44. The molecule has 6 unspecified atom stereocenters. The summed E-state index contributed by atoms with van der Waals surface area (Å²) in [6, 6.07) is -0.0323. The van der Waals surface area contributed by atoms with Gasteiger partial charge < -0.3 is 5.73 Å². The maximum atomic E-state index is 12.9. The molecule has 2 fully saturated rings. The van der Waals surface area contributed by atoms with Crippen LogP contribution >= 0.6 is 0 Å². The van der Waals surface area contributed by atoms with Crippen LogP contribution in [0.15, 0.2) is 0 Å². The summed E-state index contributed by atoms with van der Waals surface area (Å²) in [5.41, 5.74) is 6.37. The maximum absolute atomic E-state index is 12.9. The van der Waals surface area contributed by atoms with Crippen LogP contribution in [0, 0.1) is 29.6 Å². The van der Waals surface area contributed by atoms with Gasteiger partial charge >= 0.3 is 6.18 Å². The third-order valence-electron chi connectivity index (χ3n) is 5.91. The molecule has 0 aromatic rings. The highest BCUT2D eigenvalue weighted by molar-refractivity contribution is 4.89. The Kier molecular flexibility index (Phi) is 5.04. The fourth-order valence-electron chi connectivity index (χ4n) is 4.20. The number of rotatable bonds is 2. The number of hydrogen-bond acceptors (Lipinski definition) is 1.